The smallest absolute Gasteiger partial charge is 0.0830 e. The lowest BCUT2D eigenvalue weighted by Crippen LogP contribution is -1.96. The Hall–Kier alpha value is -1.60. The molecule has 0 aliphatic carbocycles. The molecule has 0 bridgehead atoms. The zero-order valence-electron chi connectivity index (χ0n) is 9.43. The molecule has 1 N–H and O–H groups in total. The summed E-state index contributed by atoms with van der Waals surface area (Å²) in [5, 5.41) is 12.4. The molecule has 0 amide bonds. The van der Waals surface area contributed by atoms with E-state index in [9.17, 15) is 5.11 Å². The lowest BCUT2D eigenvalue weighted by atomic mass is 9.99. The third-order valence-electron chi connectivity index (χ3n) is 2.78. The number of aliphatic hydroxyl groups is 1. The summed E-state index contributed by atoms with van der Waals surface area (Å²) >= 11 is 0. The molecule has 0 spiro atoms. The van der Waals surface area contributed by atoms with Crippen molar-refractivity contribution >= 4 is 10.8 Å². The summed E-state index contributed by atoms with van der Waals surface area (Å²) in [6.07, 6.45) is 4.22. The topological polar surface area (TPSA) is 20.2 Å². The van der Waals surface area contributed by atoms with E-state index in [2.05, 4.69) is 18.2 Å². The Labute approximate surface area is 96.0 Å². The molecule has 0 saturated carbocycles. The Balaban J connectivity index is 2.43. The van der Waals surface area contributed by atoms with Crippen molar-refractivity contribution in [1.82, 2.24) is 0 Å². The molecule has 82 valence electrons. The third-order valence-corrected chi connectivity index (χ3v) is 2.78. The van der Waals surface area contributed by atoms with Gasteiger partial charge in [-0.15, -0.1) is 0 Å². The monoisotopic (exact) mass is 212 g/mol. The molecule has 2 aromatic rings. The van der Waals surface area contributed by atoms with Crippen molar-refractivity contribution in [3.8, 4) is 0 Å². The molecule has 0 aromatic heterocycles. The highest BCUT2D eigenvalue weighted by atomic mass is 16.3. The summed E-state index contributed by atoms with van der Waals surface area (Å²) in [6.45, 7) is 1.97. The van der Waals surface area contributed by atoms with Gasteiger partial charge in [0.1, 0.15) is 0 Å². The molecule has 16 heavy (non-hydrogen) atoms. The van der Waals surface area contributed by atoms with Gasteiger partial charge in [0.05, 0.1) is 6.10 Å². The number of hydrogen-bond acceptors (Lipinski definition) is 1. The van der Waals surface area contributed by atoms with E-state index in [1.54, 1.807) is 0 Å². The second-order valence-electron chi connectivity index (χ2n) is 3.89. The fourth-order valence-corrected chi connectivity index (χ4v) is 1.93. The van der Waals surface area contributed by atoms with Gasteiger partial charge in [0.2, 0.25) is 0 Å². The number of aliphatic hydroxyl groups excluding tert-OH is 1. The van der Waals surface area contributed by atoms with Gasteiger partial charge in [-0.2, -0.15) is 0 Å². The lowest BCUT2D eigenvalue weighted by Gasteiger charge is -2.11. The van der Waals surface area contributed by atoms with Gasteiger partial charge in [0, 0.05) is 0 Å². The molecule has 1 heteroatoms. The first-order valence-corrected chi connectivity index (χ1v) is 5.60. The van der Waals surface area contributed by atoms with E-state index in [1.807, 2.05) is 43.3 Å². The predicted molar refractivity (Wildman–Crippen MR) is 68.3 cm³/mol. The fraction of sp³-hybridized carbons (Fsp3) is 0.200. The van der Waals surface area contributed by atoms with Crippen LogP contribution in [0.25, 0.3) is 10.8 Å². The summed E-state index contributed by atoms with van der Waals surface area (Å²) < 4.78 is 0. The zero-order chi connectivity index (χ0) is 11.4. The van der Waals surface area contributed by atoms with Crippen LogP contribution >= 0.6 is 0 Å². The molecule has 0 radical (unpaired) electrons. The Bertz CT molecular complexity index is 494. The molecule has 2 aromatic carbocycles. The number of benzene rings is 2. The van der Waals surface area contributed by atoms with Gasteiger partial charge in [0.15, 0.2) is 0 Å². The molecule has 1 atom stereocenters. The van der Waals surface area contributed by atoms with Crippen LogP contribution in [0.4, 0.5) is 0 Å². The molecule has 0 saturated heterocycles. The third kappa shape index (κ3) is 2.15. The molecular weight excluding hydrogens is 196 g/mol. The van der Waals surface area contributed by atoms with Crippen molar-refractivity contribution in [2.75, 3.05) is 0 Å². The largest absolute Gasteiger partial charge is 0.388 e. The molecule has 2 rings (SSSR count). The molecule has 0 heterocycles. The highest BCUT2D eigenvalue weighted by Crippen LogP contribution is 2.26. The first-order valence-electron chi connectivity index (χ1n) is 5.60. The SMILES string of the molecule is C/C=C/CC(O)c1cccc2ccccc12. The molecule has 0 aliphatic heterocycles. The maximum Gasteiger partial charge on any atom is 0.0830 e. The van der Waals surface area contributed by atoms with Crippen LogP contribution in [-0.2, 0) is 0 Å². The Morgan fingerprint density at radius 1 is 1.12 bits per heavy atom. The first kappa shape index (κ1) is 10.9. The van der Waals surface area contributed by atoms with Gasteiger partial charge in [-0.25, -0.2) is 0 Å². The standard InChI is InChI=1S/C15H16O/c1-2-3-11-15(16)14-10-6-8-12-7-4-5-9-13(12)14/h2-10,15-16H,11H2,1H3/b3-2+. The van der Waals surface area contributed by atoms with Crippen LogP contribution in [0, 0.1) is 0 Å². The molecule has 0 fully saturated rings. The van der Waals surface area contributed by atoms with Gasteiger partial charge >= 0.3 is 0 Å². The van der Waals surface area contributed by atoms with Crippen LogP contribution in [0.5, 0.6) is 0 Å². The summed E-state index contributed by atoms with van der Waals surface area (Å²) in [7, 11) is 0. The van der Waals surface area contributed by atoms with Crippen molar-refractivity contribution in [2.24, 2.45) is 0 Å². The second-order valence-corrected chi connectivity index (χ2v) is 3.89. The van der Waals surface area contributed by atoms with Gasteiger partial charge < -0.3 is 5.11 Å². The maximum absolute atomic E-state index is 10.1. The van der Waals surface area contributed by atoms with Crippen LogP contribution in [-0.4, -0.2) is 5.11 Å². The van der Waals surface area contributed by atoms with E-state index in [0.29, 0.717) is 6.42 Å². The maximum atomic E-state index is 10.1. The summed E-state index contributed by atoms with van der Waals surface area (Å²) in [5.74, 6) is 0. The van der Waals surface area contributed by atoms with Crippen LogP contribution in [0.15, 0.2) is 54.6 Å². The Kier molecular flexibility index (Phi) is 3.37. The van der Waals surface area contributed by atoms with Crippen LogP contribution in [0.1, 0.15) is 25.0 Å². The molecule has 1 unspecified atom stereocenters. The number of allylic oxidation sites excluding steroid dienone is 1. The van der Waals surface area contributed by atoms with Crippen molar-refractivity contribution in [2.45, 2.75) is 19.4 Å². The minimum absolute atomic E-state index is 0.415. The van der Waals surface area contributed by atoms with Crippen LogP contribution in [0.2, 0.25) is 0 Å². The minimum Gasteiger partial charge on any atom is -0.388 e. The van der Waals surface area contributed by atoms with E-state index in [-0.39, 0.29) is 0 Å². The van der Waals surface area contributed by atoms with Gasteiger partial charge in [-0.05, 0) is 29.7 Å². The van der Waals surface area contributed by atoms with Gasteiger partial charge in [0.25, 0.3) is 0 Å². The van der Waals surface area contributed by atoms with E-state index in [0.717, 1.165) is 10.9 Å². The van der Waals surface area contributed by atoms with E-state index >= 15 is 0 Å². The molecule has 1 nitrogen and oxygen atoms in total. The highest BCUT2D eigenvalue weighted by Gasteiger charge is 2.08. The average Bonchev–Trinajstić information content (AvgIpc) is 2.35. The van der Waals surface area contributed by atoms with Crippen molar-refractivity contribution in [3.05, 3.63) is 60.2 Å². The van der Waals surface area contributed by atoms with Crippen LogP contribution in [0.3, 0.4) is 0 Å². The first-order chi connectivity index (χ1) is 7.83. The predicted octanol–water partition coefficient (Wildman–Crippen LogP) is 3.84. The lowest BCUT2D eigenvalue weighted by molar-refractivity contribution is 0.183. The summed E-state index contributed by atoms with van der Waals surface area (Å²) in [6, 6.07) is 14.2. The summed E-state index contributed by atoms with van der Waals surface area (Å²) in [4.78, 5) is 0. The quantitative estimate of drug-likeness (QED) is 0.766. The zero-order valence-corrected chi connectivity index (χ0v) is 9.43. The number of rotatable bonds is 3. The van der Waals surface area contributed by atoms with Gasteiger partial charge in [-0.3, -0.25) is 0 Å². The minimum atomic E-state index is -0.415. The molecular formula is C15H16O. The average molecular weight is 212 g/mol. The van der Waals surface area contributed by atoms with Crippen molar-refractivity contribution < 1.29 is 5.11 Å². The van der Waals surface area contributed by atoms with Gasteiger partial charge in [-0.1, -0.05) is 54.6 Å². The molecule has 0 aliphatic rings. The number of fused-ring (bicyclic) bond motifs is 1. The highest BCUT2D eigenvalue weighted by molar-refractivity contribution is 5.85. The summed E-state index contributed by atoms with van der Waals surface area (Å²) in [5.41, 5.74) is 1.01. The van der Waals surface area contributed by atoms with E-state index < -0.39 is 6.10 Å². The van der Waals surface area contributed by atoms with Crippen molar-refractivity contribution in [3.63, 3.8) is 0 Å². The normalized spacial score (nSPS) is 13.4. The fourth-order valence-electron chi connectivity index (χ4n) is 1.93. The van der Waals surface area contributed by atoms with E-state index in [4.69, 9.17) is 0 Å². The second kappa shape index (κ2) is 4.95. The van der Waals surface area contributed by atoms with Crippen molar-refractivity contribution in [1.29, 1.82) is 0 Å². The number of hydrogen-bond donors (Lipinski definition) is 1. The Morgan fingerprint density at radius 2 is 1.88 bits per heavy atom. The van der Waals surface area contributed by atoms with Crippen LogP contribution < -0.4 is 0 Å². The Morgan fingerprint density at radius 3 is 2.69 bits per heavy atom. The van der Waals surface area contributed by atoms with E-state index in [1.165, 1.54) is 5.39 Å².